The second-order valence-corrected chi connectivity index (χ2v) is 3.30. The van der Waals surface area contributed by atoms with Crippen molar-refractivity contribution in [2.75, 3.05) is 0 Å². The largest absolute Gasteiger partial charge is 0.508 e. The van der Waals surface area contributed by atoms with E-state index in [2.05, 4.69) is 0 Å². The Hall–Kier alpha value is -2.10. The summed E-state index contributed by atoms with van der Waals surface area (Å²) in [4.78, 5) is 10.1. The van der Waals surface area contributed by atoms with Crippen molar-refractivity contribution in [1.82, 2.24) is 0 Å². The van der Waals surface area contributed by atoms with Crippen molar-refractivity contribution in [2.24, 2.45) is 0 Å². The Morgan fingerprint density at radius 1 is 1.27 bits per heavy atom. The van der Waals surface area contributed by atoms with E-state index in [1.165, 1.54) is 18.2 Å². The summed E-state index contributed by atoms with van der Waals surface area (Å²) in [5.74, 6) is 0.0201. The Morgan fingerprint density at radius 2 is 1.93 bits per heavy atom. The molecule has 0 fully saturated rings. The third kappa shape index (κ3) is 1.74. The van der Waals surface area contributed by atoms with Gasteiger partial charge in [0, 0.05) is 23.6 Å². The summed E-state index contributed by atoms with van der Waals surface area (Å²) in [6.07, 6.45) is 7.45. The number of phenols is 1. The lowest BCUT2D eigenvalue weighted by atomic mass is 9.99. The summed E-state index contributed by atoms with van der Waals surface area (Å²) in [6.45, 7) is 0. The van der Waals surface area contributed by atoms with Gasteiger partial charge in [-0.1, -0.05) is 24.3 Å². The molecule has 0 saturated carbocycles. The number of benzene rings is 1. The number of phenolic OH excluding ortho intramolecular Hbond substituents is 1. The maximum Gasteiger partial charge on any atom is 0.270 e. The van der Waals surface area contributed by atoms with Crippen LogP contribution in [0.5, 0.6) is 5.75 Å². The van der Waals surface area contributed by atoms with E-state index in [0.717, 1.165) is 0 Å². The van der Waals surface area contributed by atoms with Crippen molar-refractivity contribution in [3.8, 4) is 5.75 Å². The van der Waals surface area contributed by atoms with Crippen LogP contribution < -0.4 is 0 Å². The van der Waals surface area contributed by atoms with E-state index in [-0.39, 0.29) is 17.4 Å². The molecule has 0 amide bonds. The highest BCUT2D eigenvalue weighted by Gasteiger charge is 2.16. The zero-order valence-electron chi connectivity index (χ0n) is 7.83. The van der Waals surface area contributed by atoms with Gasteiger partial charge in [-0.05, 0) is 6.07 Å². The van der Waals surface area contributed by atoms with Crippen LogP contribution in [0, 0.1) is 10.1 Å². The zero-order valence-corrected chi connectivity index (χ0v) is 7.83. The topological polar surface area (TPSA) is 63.4 Å². The molecule has 0 radical (unpaired) electrons. The number of nitrogens with zero attached hydrogens (tertiary/aromatic N) is 1. The first-order valence-corrected chi connectivity index (χ1v) is 4.51. The van der Waals surface area contributed by atoms with Gasteiger partial charge in [-0.3, -0.25) is 10.1 Å². The average molecular weight is 203 g/mol. The lowest BCUT2D eigenvalue weighted by Crippen LogP contribution is -1.93. The summed E-state index contributed by atoms with van der Waals surface area (Å²) in [7, 11) is 0. The van der Waals surface area contributed by atoms with Gasteiger partial charge in [0.2, 0.25) is 0 Å². The SMILES string of the molecule is O=[N+]([O-])c1ccc(O)c(C2C=CC=C2)c1. The highest BCUT2D eigenvalue weighted by Crippen LogP contribution is 2.32. The molecule has 0 aromatic heterocycles. The Bertz CT molecular complexity index is 451. The molecular formula is C11H9NO3. The molecule has 0 atom stereocenters. The highest BCUT2D eigenvalue weighted by molar-refractivity contribution is 5.49. The third-order valence-corrected chi connectivity index (χ3v) is 2.33. The molecule has 1 aromatic rings. The highest BCUT2D eigenvalue weighted by atomic mass is 16.6. The molecule has 0 saturated heterocycles. The predicted octanol–water partition coefficient (Wildman–Crippen LogP) is 2.51. The minimum absolute atomic E-state index is 0.00324. The summed E-state index contributed by atoms with van der Waals surface area (Å²) < 4.78 is 0. The predicted molar refractivity (Wildman–Crippen MR) is 55.8 cm³/mol. The first-order valence-electron chi connectivity index (χ1n) is 4.51. The number of rotatable bonds is 2. The van der Waals surface area contributed by atoms with E-state index in [1.54, 1.807) is 0 Å². The number of aromatic hydroxyl groups is 1. The molecular weight excluding hydrogens is 194 g/mol. The number of hydrogen-bond donors (Lipinski definition) is 1. The number of allylic oxidation sites excluding steroid dienone is 4. The molecule has 76 valence electrons. The first kappa shape index (κ1) is 9.45. The monoisotopic (exact) mass is 203 g/mol. The first-order chi connectivity index (χ1) is 7.18. The van der Waals surface area contributed by atoms with Gasteiger partial charge in [0.15, 0.2) is 0 Å². The van der Waals surface area contributed by atoms with Crippen LogP contribution in [0.1, 0.15) is 11.5 Å². The number of non-ortho nitro benzene ring substituents is 1. The van der Waals surface area contributed by atoms with Crippen molar-refractivity contribution >= 4 is 5.69 Å². The Balaban J connectivity index is 2.45. The molecule has 0 aliphatic heterocycles. The van der Waals surface area contributed by atoms with Gasteiger partial charge in [-0.15, -0.1) is 0 Å². The maximum absolute atomic E-state index is 10.6. The van der Waals surface area contributed by atoms with Gasteiger partial charge >= 0.3 is 0 Å². The van der Waals surface area contributed by atoms with Crippen LogP contribution in [0.3, 0.4) is 0 Å². The van der Waals surface area contributed by atoms with Crippen molar-refractivity contribution in [2.45, 2.75) is 5.92 Å². The number of nitro benzene ring substituents is 1. The standard InChI is InChI=1S/C11H9NO3/c13-11-6-5-9(12(14)15)7-10(11)8-3-1-2-4-8/h1-8,13H. The van der Waals surface area contributed by atoms with E-state index in [4.69, 9.17) is 0 Å². The second-order valence-electron chi connectivity index (χ2n) is 3.30. The minimum atomic E-state index is -0.467. The van der Waals surface area contributed by atoms with Crippen LogP contribution in [-0.4, -0.2) is 10.0 Å². The normalized spacial score (nSPS) is 14.7. The fourth-order valence-electron chi connectivity index (χ4n) is 1.56. The van der Waals surface area contributed by atoms with Crippen molar-refractivity contribution < 1.29 is 10.0 Å². The van der Waals surface area contributed by atoms with Crippen molar-refractivity contribution in [3.63, 3.8) is 0 Å². The van der Waals surface area contributed by atoms with E-state index in [1.807, 2.05) is 24.3 Å². The smallest absolute Gasteiger partial charge is 0.270 e. The molecule has 4 heteroatoms. The summed E-state index contributed by atoms with van der Waals surface area (Å²) in [5, 5.41) is 20.2. The molecule has 1 N–H and O–H groups in total. The average Bonchev–Trinajstić information content (AvgIpc) is 2.71. The molecule has 0 spiro atoms. The number of nitro groups is 1. The Kier molecular flexibility index (Phi) is 2.25. The van der Waals surface area contributed by atoms with Crippen molar-refractivity contribution in [1.29, 1.82) is 0 Å². The van der Waals surface area contributed by atoms with Crippen molar-refractivity contribution in [3.05, 3.63) is 58.2 Å². The molecule has 1 aliphatic carbocycles. The summed E-state index contributed by atoms with van der Waals surface area (Å²) in [5.41, 5.74) is 0.561. The Labute approximate surface area is 86.3 Å². The summed E-state index contributed by atoms with van der Waals surface area (Å²) >= 11 is 0. The molecule has 15 heavy (non-hydrogen) atoms. The summed E-state index contributed by atoms with van der Waals surface area (Å²) in [6, 6.07) is 4.05. The molecule has 4 nitrogen and oxygen atoms in total. The number of hydrogen-bond acceptors (Lipinski definition) is 3. The second kappa shape index (κ2) is 3.57. The molecule has 0 bridgehead atoms. The van der Waals surface area contributed by atoms with Gasteiger partial charge in [0.25, 0.3) is 5.69 Å². The van der Waals surface area contributed by atoms with E-state index < -0.39 is 4.92 Å². The minimum Gasteiger partial charge on any atom is -0.508 e. The van der Waals surface area contributed by atoms with Gasteiger partial charge in [-0.2, -0.15) is 0 Å². The fraction of sp³-hybridized carbons (Fsp3) is 0.0909. The lowest BCUT2D eigenvalue weighted by Gasteiger charge is -2.07. The Morgan fingerprint density at radius 3 is 2.53 bits per heavy atom. The molecule has 0 unspecified atom stereocenters. The van der Waals surface area contributed by atoms with Crippen LogP contribution in [0.15, 0.2) is 42.5 Å². The van der Waals surface area contributed by atoms with Crippen LogP contribution in [0.2, 0.25) is 0 Å². The van der Waals surface area contributed by atoms with Crippen LogP contribution in [-0.2, 0) is 0 Å². The van der Waals surface area contributed by atoms with Gasteiger partial charge in [0.1, 0.15) is 5.75 Å². The van der Waals surface area contributed by atoms with Gasteiger partial charge < -0.3 is 5.11 Å². The van der Waals surface area contributed by atoms with E-state index >= 15 is 0 Å². The van der Waals surface area contributed by atoms with E-state index in [9.17, 15) is 15.2 Å². The maximum atomic E-state index is 10.6. The van der Waals surface area contributed by atoms with E-state index in [0.29, 0.717) is 5.56 Å². The quantitative estimate of drug-likeness (QED) is 0.593. The fourth-order valence-corrected chi connectivity index (χ4v) is 1.56. The molecule has 1 aromatic carbocycles. The molecule has 1 aliphatic rings. The molecule has 0 heterocycles. The third-order valence-electron chi connectivity index (χ3n) is 2.33. The lowest BCUT2D eigenvalue weighted by molar-refractivity contribution is -0.384. The van der Waals surface area contributed by atoms with Gasteiger partial charge in [0.05, 0.1) is 4.92 Å². The van der Waals surface area contributed by atoms with Crippen LogP contribution in [0.25, 0.3) is 0 Å². The van der Waals surface area contributed by atoms with Crippen LogP contribution >= 0.6 is 0 Å². The van der Waals surface area contributed by atoms with Gasteiger partial charge in [-0.25, -0.2) is 0 Å². The zero-order chi connectivity index (χ0) is 10.8. The van der Waals surface area contributed by atoms with Crippen LogP contribution in [0.4, 0.5) is 5.69 Å². The molecule has 2 rings (SSSR count).